The molecule has 0 aromatic carbocycles. The van der Waals surface area contributed by atoms with Crippen LogP contribution in [0.15, 0.2) is 5.38 Å². The number of rotatable bonds is 6. The smallest absolute Gasteiger partial charge is 0.355 e. The fourth-order valence-electron chi connectivity index (χ4n) is 2.34. The molecule has 100 valence electrons. The van der Waals surface area contributed by atoms with E-state index in [0.717, 1.165) is 24.5 Å². The number of aromatic nitrogens is 1. The van der Waals surface area contributed by atoms with Crippen LogP contribution >= 0.6 is 11.3 Å². The van der Waals surface area contributed by atoms with Crippen LogP contribution in [0, 0.1) is 0 Å². The van der Waals surface area contributed by atoms with E-state index >= 15 is 0 Å². The van der Waals surface area contributed by atoms with Crippen LogP contribution in [0.1, 0.15) is 34.8 Å². The van der Waals surface area contributed by atoms with E-state index in [1.165, 1.54) is 17.8 Å². The molecule has 18 heavy (non-hydrogen) atoms. The summed E-state index contributed by atoms with van der Waals surface area (Å²) in [5, 5.41) is 11.3. The molecule has 2 rings (SSSR count). The second kappa shape index (κ2) is 5.34. The van der Waals surface area contributed by atoms with Gasteiger partial charge in [-0.1, -0.05) is 0 Å². The molecule has 1 N–H and O–H groups in total. The van der Waals surface area contributed by atoms with Crippen LogP contribution in [0.5, 0.6) is 0 Å². The lowest BCUT2D eigenvalue weighted by Gasteiger charge is -2.48. The van der Waals surface area contributed by atoms with Crippen molar-refractivity contribution in [3.8, 4) is 0 Å². The molecule has 5 nitrogen and oxygen atoms in total. The third-order valence-electron chi connectivity index (χ3n) is 3.65. The number of carboxylic acids is 1. The lowest BCUT2D eigenvalue weighted by atomic mass is 9.76. The van der Waals surface area contributed by atoms with Crippen LogP contribution in [0.25, 0.3) is 0 Å². The fraction of sp³-hybridized carbons (Fsp3) is 0.667. The number of methoxy groups -OCH3 is 1. The van der Waals surface area contributed by atoms with Gasteiger partial charge in [0.05, 0.1) is 13.2 Å². The molecule has 0 saturated heterocycles. The van der Waals surface area contributed by atoms with Crippen molar-refractivity contribution < 1.29 is 14.6 Å². The summed E-state index contributed by atoms with van der Waals surface area (Å²) in [5.41, 5.74) is 0.252. The van der Waals surface area contributed by atoms with Crippen LogP contribution in [-0.4, -0.2) is 47.3 Å². The summed E-state index contributed by atoms with van der Waals surface area (Å²) < 4.78 is 5.30. The topological polar surface area (TPSA) is 62.7 Å². The molecule has 0 atom stereocenters. The monoisotopic (exact) mass is 270 g/mol. The molecule has 1 fully saturated rings. The summed E-state index contributed by atoms with van der Waals surface area (Å²) in [6.45, 7) is 1.40. The van der Waals surface area contributed by atoms with E-state index in [-0.39, 0.29) is 11.2 Å². The SMILES string of the molecule is COCC1(N(C)Cc2nc(C(=O)O)cs2)CCC1. The van der Waals surface area contributed by atoms with Gasteiger partial charge in [-0.05, 0) is 26.3 Å². The molecule has 0 aliphatic heterocycles. The minimum absolute atomic E-state index is 0.115. The largest absolute Gasteiger partial charge is 0.476 e. The van der Waals surface area contributed by atoms with Gasteiger partial charge in [-0.3, -0.25) is 4.90 Å². The first-order valence-corrected chi connectivity index (χ1v) is 6.83. The van der Waals surface area contributed by atoms with Crippen LogP contribution in [0.2, 0.25) is 0 Å². The number of likely N-dealkylation sites (N-methyl/N-ethyl adjacent to an activating group) is 1. The fourth-order valence-corrected chi connectivity index (χ4v) is 3.16. The first-order valence-electron chi connectivity index (χ1n) is 5.95. The number of hydrogen-bond donors (Lipinski definition) is 1. The Morgan fingerprint density at radius 2 is 2.39 bits per heavy atom. The number of ether oxygens (including phenoxy) is 1. The minimum atomic E-state index is -0.963. The number of carbonyl (C=O) groups is 1. The molecule has 0 unspecified atom stereocenters. The zero-order chi connectivity index (χ0) is 13.2. The van der Waals surface area contributed by atoms with E-state index in [2.05, 4.69) is 16.9 Å². The molecule has 0 bridgehead atoms. The first-order chi connectivity index (χ1) is 8.57. The third kappa shape index (κ3) is 2.55. The van der Waals surface area contributed by atoms with Gasteiger partial charge in [0, 0.05) is 18.0 Å². The van der Waals surface area contributed by atoms with Crippen molar-refractivity contribution in [3.05, 3.63) is 16.1 Å². The Hall–Kier alpha value is -0.980. The van der Waals surface area contributed by atoms with Crippen LogP contribution in [0.3, 0.4) is 0 Å². The van der Waals surface area contributed by atoms with Crippen LogP contribution < -0.4 is 0 Å². The Bertz CT molecular complexity index is 429. The van der Waals surface area contributed by atoms with Crippen molar-refractivity contribution in [1.29, 1.82) is 0 Å². The quantitative estimate of drug-likeness (QED) is 0.854. The van der Waals surface area contributed by atoms with Gasteiger partial charge < -0.3 is 9.84 Å². The second-order valence-electron chi connectivity index (χ2n) is 4.80. The summed E-state index contributed by atoms with van der Waals surface area (Å²) in [6, 6.07) is 0. The highest BCUT2D eigenvalue weighted by Gasteiger charge is 2.40. The Balaban J connectivity index is 2.01. The molecule has 0 amide bonds. The van der Waals surface area contributed by atoms with E-state index in [9.17, 15) is 4.79 Å². The third-order valence-corrected chi connectivity index (χ3v) is 4.48. The summed E-state index contributed by atoms with van der Waals surface area (Å²) in [4.78, 5) is 17.1. The molecule has 0 spiro atoms. The molecule has 6 heteroatoms. The molecule has 1 aromatic heterocycles. The van der Waals surface area contributed by atoms with E-state index in [4.69, 9.17) is 9.84 Å². The van der Waals surface area contributed by atoms with Gasteiger partial charge in [-0.15, -0.1) is 11.3 Å². The van der Waals surface area contributed by atoms with Crippen molar-refractivity contribution in [1.82, 2.24) is 9.88 Å². The number of aromatic carboxylic acids is 1. The van der Waals surface area contributed by atoms with Crippen molar-refractivity contribution >= 4 is 17.3 Å². The maximum Gasteiger partial charge on any atom is 0.355 e. The Kier molecular flexibility index (Phi) is 3.99. The van der Waals surface area contributed by atoms with E-state index < -0.39 is 5.97 Å². The van der Waals surface area contributed by atoms with Gasteiger partial charge in [0.2, 0.25) is 0 Å². The summed E-state index contributed by atoms with van der Waals surface area (Å²) in [6.07, 6.45) is 3.49. The van der Waals surface area contributed by atoms with E-state index in [1.807, 2.05) is 0 Å². The average molecular weight is 270 g/mol. The molecule has 0 radical (unpaired) electrons. The predicted octanol–water partition coefficient (Wildman–Crippen LogP) is 1.84. The zero-order valence-corrected chi connectivity index (χ0v) is 11.5. The molecule has 1 heterocycles. The molecule has 1 aliphatic carbocycles. The lowest BCUT2D eigenvalue weighted by molar-refractivity contribution is -0.0332. The minimum Gasteiger partial charge on any atom is -0.476 e. The van der Waals surface area contributed by atoms with E-state index in [1.54, 1.807) is 12.5 Å². The number of carboxylic acid groups (broad SMARTS) is 1. The van der Waals surface area contributed by atoms with Gasteiger partial charge in [0.15, 0.2) is 5.69 Å². The van der Waals surface area contributed by atoms with Crippen molar-refractivity contribution in [2.75, 3.05) is 20.8 Å². The highest BCUT2D eigenvalue weighted by atomic mass is 32.1. The standard InChI is InChI=1S/C12H18N2O3S/c1-14(12(8-17-2)4-3-5-12)6-10-13-9(7-18-10)11(15)16/h7H,3-6,8H2,1-2H3,(H,15,16). The number of nitrogens with zero attached hydrogens (tertiary/aromatic N) is 2. The normalized spacial score (nSPS) is 17.7. The first kappa shape index (κ1) is 13.5. The number of hydrogen-bond acceptors (Lipinski definition) is 5. The van der Waals surface area contributed by atoms with Gasteiger partial charge in [-0.25, -0.2) is 9.78 Å². The van der Waals surface area contributed by atoms with Crippen molar-refractivity contribution in [3.63, 3.8) is 0 Å². The second-order valence-corrected chi connectivity index (χ2v) is 5.74. The molecular weight excluding hydrogens is 252 g/mol. The molecular formula is C12H18N2O3S. The van der Waals surface area contributed by atoms with Gasteiger partial charge in [0.1, 0.15) is 5.01 Å². The van der Waals surface area contributed by atoms with Gasteiger partial charge in [0.25, 0.3) is 0 Å². The van der Waals surface area contributed by atoms with Gasteiger partial charge >= 0.3 is 5.97 Å². The maximum absolute atomic E-state index is 10.8. The van der Waals surface area contributed by atoms with Gasteiger partial charge in [-0.2, -0.15) is 0 Å². The Morgan fingerprint density at radius 1 is 1.67 bits per heavy atom. The molecule has 1 aromatic rings. The average Bonchev–Trinajstić information content (AvgIpc) is 2.71. The maximum atomic E-state index is 10.8. The molecule has 1 aliphatic rings. The van der Waals surface area contributed by atoms with Crippen molar-refractivity contribution in [2.45, 2.75) is 31.3 Å². The lowest BCUT2D eigenvalue weighted by Crippen LogP contribution is -2.54. The van der Waals surface area contributed by atoms with Crippen LogP contribution in [-0.2, 0) is 11.3 Å². The Morgan fingerprint density at radius 3 is 2.83 bits per heavy atom. The van der Waals surface area contributed by atoms with E-state index in [0.29, 0.717) is 6.54 Å². The van der Waals surface area contributed by atoms with Crippen molar-refractivity contribution in [2.24, 2.45) is 0 Å². The molecule has 1 saturated carbocycles. The Labute approximate surface area is 110 Å². The zero-order valence-electron chi connectivity index (χ0n) is 10.7. The van der Waals surface area contributed by atoms with Crippen LogP contribution in [0.4, 0.5) is 0 Å². The summed E-state index contributed by atoms with van der Waals surface area (Å²) >= 11 is 1.40. The summed E-state index contributed by atoms with van der Waals surface area (Å²) in [7, 11) is 3.78. The summed E-state index contributed by atoms with van der Waals surface area (Å²) in [5.74, 6) is -0.963. The highest BCUT2D eigenvalue weighted by Crippen LogP contribution is 2.38. The highest BCUT2D eigenvalue weighted by molar-refractivity contribution is 7.09. The predicted molar refractivity (Wildman–Crippen MR) is 69.0 cm³/mol. The number of thiazole rings is 1.